The smallest absolute Gasteiger partial charge is 0.335 e. The number of fused-ring (bicyclic) bond motifs is 2. The summed E-state index contributed by atoms with van der Waals surface area (Å²) < 4.78 is 5.48. The maximum atomic E-state index is 14.6. The van der Waals surface area contributed by atoms with E-state index in [2.05, 4.69) is 36.3 Å². The quantitative estimate of drug-likeness (QED) is 0.146. The molecule has 4 N–H and O–H groups in total. The molecular formula is C38H37Cl2N3O6. The van der Waals surface area contributed by atoms with Gasteiger partial charge in [0.1, 0.15) is 5.75 Å². The topological polar surface area (TPSA) is 128 Å². The number of ether oxygens (including phenoxy) is 1. The van der Waals surface area contributed by atoms with Crippen molar-refractivity contribution in [2.75, 3.05) is 23.9 Å². The Kier molecular flexibility index (Phi) is 9.13. The maximum Gasteiger partial charge on any atom is 0.335 e. The number of methoxy groups -OCH3 is 1. The normalized spacial score (nSPS) is 21.4. The van der Waals surface area contributed by atoms with Gasteiger partial charge in [0, 0.05) is 45.3 Å². The van der Waals surface area contributed by atoms with Crippen LogP contribution in [-0.2, 0) is 10.2 Å². The number of hydrogen-bond donors (Lipinski definition) is 4. The van der Waals surface area contributed by atoms with Crippen molar-refractivity contribution < 1.29 is 29.3 Å². The summed E-state index contributed by atoms with van der Waals surface area (Å²) in [5, 5.41) is 26.9. The van der Waals surface area contributed by atoms with Crippen LogP contribution >= 0.6 is 23.2 Å². The predicted molar refractivity (Wildman–Crippen MR) is 191 cm³/mol. The van der Waals surface area contributed by atoms with Crippen LogP contribution in [0.1, 0.15) is 65.0 Å². The molecule has 0 bridgehead atoms. The lowest BCUT2D eigenvalue weighted by Crippen LogP contribution is -2.47. The van der Waals surface area contributed by atoms with Crippen LogP contribution in [-0.4, -0.2) is 53.8 Å². The minimum absolute atomic E-state index is 0.0305. The third kappa shape index (κ3) is 6.34. The Morgan fingerprint density at radius 3 is 2.24 bits per heavy atom. The van der Waals surface area contributed by atoms with Crippen LogP contribution in [0.25, 0.3) is 0 Å². The average molecular weight is 703 g/mol. The van der Waals surface area contributed by atoms with Crippen LogP contribution in [0, 0.1) is 5.41 Å². The Labute approximate surface area is 294 Å². The lowest BCUT2D eigenvalue weighted by molar-refractivity contribution is -0.118. The van der Waals surface area contributed by atoms with Crippen molar-refractivity contribution in [2.24, 2.45) is 5.41 Å². The number of nitrogens with zero attached hydrogens (tertiary/aromatic N) is 1. The van der Waals surface area contributed by atoms with Crippen LogP contribution in [0.2, 0.25) is 10.0 Å². The van der Waals surface area contributed by atoms with Crippen LogP contribution in [0.15, 0.2) is 84.9 Å². The van der Waals surface area contributed by atoms with Gasteiger partial charge < -0.3 is 30.5 Å². The highest BCUT2D eigenvalue weighted by atomic mass is 35.5. The number of carbonyl (C=O) groups is 3. The molecule has 9 nitrogen and oxygen atoms in total. The molecule has 1 fully saturated rings. The summed E-state index contributed by atoms with van der Waals surface area (Å²) in [5.41, 5.74) is 3.08. The Morgan fingerprint density at radius 1 is 0.939 bits per heavy atom. The van der Waals surface area contributed by atoms with Crippen molar-refractivity contribution in [3.63, 3.8) is 0 Å². The molecule has 4 aromatic rings. The number of rotatable bonds is 8. The van der Waals surface area contributed by atoms with E-state index >= 15 is 0 Å². The largest absolute Gasteiger partial charge is 0.495 e. The minimum Gasteiger partial charge on any atom is -0.495 e. The lowest BCUT2D eigenvalue weighted by atomic mass is 9.63. The number of anilines is 3. The molecule has 1 amide bonds. The van der Waals surface area contributed by atoms with Crippen molar-refractivity contribution in [2.45, 2.75) is 50.6 Å². The first kappa shape index (κ1) is 34.3. The second-order valence-electron chi connectivity index (χ2n) is 13.8. The molecular weight excluding hydrogens is 665 g/mol. The molecule has 0 saturated carbocycles. The van der Waals surface area contributed by atoms with Gasteiger partial charge in [-0.2, -0.15) is 0 Å². The summed E-state index contributed by atoms with van der Waals surface area (Å²) in [6.07, 6.45) is 0.687. The Bertz CT molecular complexity index is 1940. The van der Waals surface area contributed by atoms with E-state index in [-0.39, 0.29) is 34.2 Å². The summed E-state index contributed by atoms with van der Waals surface area (Å²) in [4.78, 5) is 40.1. The van der Waals surface area contributed by atoms with Gasteiger partial charge in [0.05, 0.1) is 30.0 Å². The zero-order valence-electron chi connectivity index (χ0n) is 27.5. The van der Waals surface area contributed by atoms with Crippen molar-refractivity contribution >= 4 is 58.1 Å². The lowest BCUT2D eigenvalue weighted by Gasteiger charge is -2.40. The molecule has 4 aromatic carbocycles. The Balaban J connectivity index is 1.54. The molecule has 6 rings (SSSR count). The number of nitrogens with one attached hydrogen (secondary N) is 2. The zero-order chi connectivity index (χ0) is 35.2. The fraction of sp³-hybridized carbons (Fsp3) is 0.289. The van der Waals surface area contributed by atoms with E-state index in [1.165, 1.54) is 25.3 Å². The number of benzene rings is 4. The van der Waals surface area contributed by atoms with Crippen LogP contribution in [0.5, 0.6) is 5.75 Å². The van der Waals surface area contributed by atoms with Gasteiger partial charge >= 0.3 is 11.9 Å². The third-order valence-corrected chi connectivity index (χ3v) is 10.1. The first-order chi connectivity index (χ1) is 23.2. The first-order valence-corrected chi connectivity index (χ1v) is 16.6. The van der Waals surface area contributed by atoms with Gasteiger partial charge in [-0.1, -0.05) is 62.2 Å². The summed E-state index contributed by atoms with van der Waals surface area (Å²) >= 11 is 13.7. The second-order valence-corrected chi connectivity index (χ2v) is 14.7. The summed E-state index contributed by atoms with van der Waals surface area (Å²) in [7, 11) is 1.42. The van der Waals surface area contributed by atoms with E-state index in [0.717, 1.165) is 22.5 Å². The average Bonchev–Trinajstić information content (AvgIpc) is 3.55. The first-order valence-electron chi connectivity index (χ1n) is 15.9. The summed E-state index contributed by atoms with van der Waals surface area (Å²) in [6.45, 7) is 6.92. The minimum atomic E-state index is -1.11. The van der Waals surface area contributed by atoms with Crippen molar-refractivity contribution in [3.8, 4) is 5.75 Å². The van der Waals surface area contributed by atoms with Gasteiger partial charge in [-0.25, -0.2) is 9.59 Å². The van der Waals surface area contributed by atoms with E-state index in [1.54, 1.807) is 24.3 Å². The van der Waals surface area contributed by atoms with E-state index in [4.69, 9.17) is 27.9 Å². The van der Waals surface area contributed by atoms with E-state index in [0.29, 0.717) is 28.7 Å². The summed E-state index contributed by atoms with van der Waals surface area (Å²) in [6, 6.07) is 23.3. The molecule has 0 radical (unpaired) electrons. The van der Waals surface area contributed by atoms with E-state index < -0.39 is 29.3 Å². The molecule has 2 aliphatic rings. The number of amides is 1. The van der Waals surface area contributed by atoms with Gasteiger partial charge in [0.2, 0.25) is 5.91 Å². The van der Waals surface area contributed by atoms with Crippen molar-refractivity contribution in [1.29, 1.82) is 0 Å². The standard InChI is InChI=1S/C38H37Cl2N3O6/c1-37(2,3)19-31-38(20-43(29-16-12-23(39)18-26(29)38)24-13-9-21(10-14-24)35(45)46)32(25-7-5-6-8-27(25)40)33(42-31)34(44)41-28-15-11-22(36(47)48)17-30(28)49-4/h5-18,31-33,42H,19-20H2,1-4H3,(H,41,44)(H,45,46)(H,47,48)/t31-,32-,33+,38-/m0/s1. The number of halogens is 2. The zero-order valence-corrected chi connectivity index (χ0v) is 29.0. The molecule has 49 heavy (non-hydrogen) atoms. The molecule has 0 aliphatic carbocycles. The van der Waals surface area contributed by atoms with Crippen molar-refractivity contribution in [3.05, 3.63) is 117 Å². The van der Waals surface area contributed by atoms with Gasteiger partial charge in [0.15, 0.2) is 0 Å². The molecule has 254 valence electrons. The highest BCUT2D eigenvalue weighted by molar-refractivity contribution is 6.31. The molecule has 1 saturated heterocycles. The van der Waals surface area contributed by atoms with Crippen LogP contribution < -0.4 is 20.3 Å². The monoisotopic (exact) mass is 701 g/mol. The number of carboxylic acids is 2. The van der Waals surface area contributed by atoms with E-state index in [1.807, 2.05) is 42.5 Å². The highest BCUT2D eigenvalue weighted by Gasteiger charge is 2.63. The second kappa shape index (κ2) is 13.0. The third-order valence-electron chi connectivity index (χ3n) is 9.53. The number of hydrogen-bond acceptors (Lipinski definition) is 6. The number of aromatic carboxylic acids is 2. The van der Waals surface area contributed by atoms with E-state index in [9.17, 15) is 24.6 Å². The molecule has 2 heterocycles. The number of carboxylic acid groups (broad SMARTS) is 2. The maximum absolute atomic E-state index is 14.6. The van der Waals surface area contributed by atoms with Gasteiger partial charge in [-0.3, -0.25) is 4.79 Å². The SMILES string of the molecule is COc1cc(C(=O)O)ccc1NC(=O)[C@@H]1N[C@@H](CC(C)(C)C)[C@@]2(CN(c3ccc(C(=O)O)cc3)c3ccc(Cl)cc32)[C@H]1c1ccccc1Cl. The number of carbonyl (C=O) groups excluding carboxylic acids is 1. The van der Waals surface area contributed by atoms with Gasteiger partial charge in [-0.05, 0) is 89.7 Å². The molecule has 1 spiro atoms. The molecule has 2 aliphatic heterocycles. The van der Waals surface area contributed by atoms with Gasteiger partial charge in [0.25, 0.3) is 0 Å². The van der Waals surface area contributed by atoms with Crippen LogP contribution in [0.4, 0.5) is 17.1 Å². The highest BCUT2D eigenvalue weighted by Crippen LogP contribution is 2.59. The fourth-order valence-electron chi connectivity index (χ4n) is 7.51. The Hall–Kier alpha value is -4.57. The van der Waals surface area contributed by atoms with Crippen molar-refractivity contribution in [1.82, 2.24) is 5.32 Å². The predicted octanol–water partition coefficient (Wildman–Crippen LogP) is 7.99. The molecule has 0 aromatic heterocycles. The van der Waals surface area contributed by atoms with Gasteiger partial charge in [-0.15, -0.1) is 0 Å². The summed E-state index contributed by atoms with van der Waals surface area (Å²) in [5.74, 6) is -2.74. The van der Waals surface area contributed by atoms with Crippen LogP contribution in [0.3, 0.4) is 0 Å². The molecule has 4 atom stereocenters. The molecule has 0 unspecified atom stereocenters. The Morgan fingerprint density at radius 2 is 1.61 bits per heavy atom. The molecule has 11 heteroatoms. The fourth-order valence-corrected chi connectivity index (χ4v) is 7.93.